The molecule has 0 aliphatic rings. The largest absolute Gasteiger partial charge is 0.378 e. The molecule has 0 unspecified atom stereocenters. The Morgan fingerprint density at radius 3 is 2.77 bits per heavy atom. The van der Waals surface area contributed by atoms with Gasteiger partial charge in [0, 0.05) is 25.7 Å². The molecule has 1 nitrogen and oxygen atoms in total. The summed E-state index contributed by atoms with van der Waals surface area (Å²) in [4.78, 5) is 2.08. The van der Waals surface area contributed by atoms with Crippen molar-refractivity contribution in [2.45, 2.75) is 0 Å². The van der Waals surface area contributed by atoms with Crippen LogP contribution in [0.2, 0.25) is 0 Å². The normalized spacial score (nSPS) is 10.7. The molecule has 1 aromatic rings. The molecule has 1 aromatic carbocycles. The van der Waals surface area contributed by atoms with Gasteiger partial charge in [-0.2, -0.15) is 0 Å². The predicted octanol–water partition coefficient (Wildman–Crippen LogP) is 3.00. The van der Waals surface area contributed by atoms with E-state index in [0.29, 0.717) is 5.88 Å². The van der Waals surface area contributed by atoms with Gasteiger partial charge >= 0.3 is 0 Å². The quantitative estimate of drug-likeness (QED) is 0.671. The van der Waals surface area contributed by atoms with Crippen LogP contribution in [0.15, 0.2) is 30.3 Å². The number of rotatable bonds is 3. The maximum Gasteiger partial charge on any atom is 0.0407 e. The van der Waals surface area contributed by atoms with Crippen LogP contribution in [0, 0.1) is 0 Å². The lowest BCUT2D eigenvalue weighted by molar-refractivity contribution is 1.13. The van der Waals surface area contributed by atoms with E-state index in [1.54, 1.807) is 0 Å². The molecule has 2 heteroatoms. The van der Waals surface area contributed by atoms with Crippen molar-refractivity contribution in [1.82, 2.24) is 0 Å². The minimum atomic E-state index is 0.562. The Morgan fingerprint density at radius 2 is 2.15 bits per heavy atom. The molecule has 0 radical (unpaired) electrons. The summed E-state index contributed by atoms with van der Waals surface area (Å²) in [5.41, 5.74) is 2.39. The Bertz CT molecular complexity index is 292. The standard InChI is InChI=1S/C11H14ClN/c1-13(2)11-7-3-5-10(9-11)6-4-8-12/h3-7,9H,8H2,1-2H3. The first-order valence-electron chi connectivity index (χ1n) is 4.24. The molecule has 0 amide bonds. The van der Waals surface area contributed by atoms with E-state index in [0.717, 1.165) is 0 Å². The van der Waals surface area contributed by atoms with Crippen LogP contribution >= 0.6 is 11.6 Å². The van der Waals surface area contributed by atoms with Crippen LogP contribution in [0.4, 0.5) is 5.69 Å². The summed E-state index contributed by atoms with van der Waals surface area (Å²) in [5.74, 6) is 0.562. The average molecular weight is 196 g/mol. The average Bonchev–Trinajstić information content (AvgIpc) is 2.15. The number of benzene rings is 1. The van der Waals surface area contributed by atoms with Gasteiger partial charge in [0.05, 0.1) is 0 Å². The van der Waals surface area contributed by atoms with Crippen LogP contribution < -0.4 is 4.90 Å². The Labute approximate surface area is 84.6 Å². The molecular weight excluding hydrogens is 182 g/mol. The summed E-state index contributed by atoms with van der Waals surface area (Å²) < 4.78 is 0. The number of hydrogen-bond donors (Lipinski definition) is 0. The Balaban J connectivity index is 2.85. The first-order valence-corrected chi connectivity index (χ1v) is 4.77. The highest BCUT2D eigenvalue weighted by Crippen LogP contribution is 2.14. The molecule has 70 valence electrons. The molecule has 0 bridgehead atoms. The van der Waals surface area contributed by atoms with Gasteiger partial charge in [0.15, 0.2) is 0 Å². The number of halogens is 1. The van der Waals surface area contributed by atoms with E-state index < -0.39 is 0 Å². The van der Waals surface area contributed by atoms with Crippen molar-refractivity contribution in [2.24, 2.45) is 0 Å². The van der Waals surface area contributed by atoms with E-state index in [-0.39, 0.29) is 0 Å². The van der Waals surface area contributed by atoms with Gasteiger partial charge in [-0.25, -0.2) is 0 Å². The SMILES string of the molecule is CN(C)c1cccc(C=CCCl)c1. The summed E-state index contributed by atoms with van der Waals surface area (Å²) in [6, 6.07) is 8.32. The third-order valence-corrected chi connectivity index (χ3v) is 1.96. The lowest BCUT2D eigenvalue weighted by atomic mass is 10.2. The van der Waals surface area contributed by atoms with Crippen LogP contribution in [-0.2, 0) is 0 Å². The molecule has 0 fully saturated rings. The third kappa shape index (κ3) is 3.11. The van der Waals surface area contributed by atoms with Crippen molar-refractivity contribution in [1.29, 1.82) is 0 Å². The van der Waals surface area contributed by atoms with Crippen LogP contribution in [0.25, 0.3) is 6.08 Å². The second-order valence-corrected chi connectivity index (χ2v) is 3.35. The predicted molar refractivity (Wildman–Crippen MR) is 60.5 cm³/mol. The molecule has 0 spiro atoms. The summed E-state index contributed by atoms with van der Waals surface area (Å²) in [6.45, 7) is 0. The molecule has 0 heterocycles. The van der Waals surface area contributed by atoms with Crippen molar-refractivity contribution >= 4 is 23.4 Å². The number of anilines is 1. The van der Waals surface area contributed by atoms with Gasteiger partial charge in [0.25, 0.3) is 0 Å². The van der Waals surface area contributed by atoms with Gasteiger partial charge in [-0.05, 0) is 17.7 Å². The molecule has 0 aromatic heterocycles. The van der Waals surface area contributed by atoms with Gasteiger partial charge in [-0.1, -0.05) is 24.3 Å². The molecule has 0 saturated carbocycles. The maximum atomic E-state index is 5.56. The van der Waals surface area contributed by atoms with Gasteiger partial charge in [-0.3, -0.25) is 0 Å². The van der Waals surface area contributed by atoms with E-state index in [1.165, 1.54) is 11.3 Å². The van der Waals surface area contributed by atoms with Crippen LogP contribution in [0.5, 0.6) is 0 Å². The van der Waals surface area contributed by atoms with Crippen LogP contribution in [-0.4, -0.2) is 20.0 Å². The van der Waals surface area contributed by atoms with Gasteiger partial charge in [0.1, 0.15) is 0 Å². The first-order chi connectivity index (χ1) is 6.24. The van der Waals surface area contributed by atoms with Crippen molar-refractivity contribution in [3.8, 4) is 0 Å². The molecule has 0 N–H and O–H groups in total. The van der Waals surface area contributed by atoms with E-state index >= 15 is 0 Å². The number of hydrogen-bond acceptors (Lipinski definition) is 1. The first kappa shape index (κ1) is 10.1. The highest BCUT2D eigenvalue weighted by atomic mass is 35.5. The lowest BCUT2D eigenvalue weighted by Gasteiger charge is -2.12. The van der Waals surface area contributed by atoms with Gasteiger partial charge < -0.3 is 4.90 Å². The smallest absolute Gasteiger partial charge is 0.0407 e. The number of allylic oxidation sites excluding steroid dienone is 1. The van der Waals surface area contributed by atoms with Crippen molar-refractivity contribution in [3.05, 3.63) is 35.9 Å². The lowest BCUT2D eigenvalue weighted by Crippen LogP contribution is -2.08. The minimum absolute atomic E-state index is 0.562. The summed E-state index contributed by atoms with van der Waals surface area (Å²) in [7, 11) is 4.06. The van der Waals surface area contributed by atoms with E-state index in [9.17, 15) is 0 Å². The fourth-order valence-electron chi connectivity index (χ4n) is 1.09. The Kier molecular flexibility index (Phi) is 3.84. The number of alkyl halides is 1. The summed E-state index contributed by atoms with van der Waals surface area (Å²) in [5, 5.41) is 0. The van der Waals surface area contributed by atoms with E-state index in [1.807, 2.05) is 32.3 Å². The molecule has 0 atom stereocenters. The Morgan fingerprint density at radius 1 is 1.38 bits per heavy atom. The van der Waals surface area contributed by atoms with E-state index in [4.69, 9.17) is 11.6 Å². The second-order valence-electron chi connectivity index (χ2n) is 3.05. The van der Waals surface area contributed by atoms with Crippen LogP contribution in [0.3, 0.4) is 0 Å². The zero-order valence-electron chi connectivity index (χ0n) is 8.00. The summed E-state index contributed by atoms with van der Waals surface area (Å²) in [6.07, 6.45) is 3.97. The highest BCUT2D eigenvalue weighted by molar-refractivity contribution is 6.19. The molecule has 0 aliphatic heterocycles. The zero-order chi connectivity index (χ0) is 9.68. The molecule has 1 rings (SSSR count). The van der Waals surface area contributed by atoms with Crippen LogP contribution in [0.1, 0.15) is 5.56 Å². The molecule has 13 heavy (non-hydrogen) atoms. The second kappa shape index (κ2) is 4.93. The monoisotopic (exact) mass is 195 g/mol. The molecule has 0 aliphatic carbocycles. The topological polar surface area (TPSA) is 3.24 Å². The molecule has 0 saturated heterocycles. The van der Waals surface area contributed by atoms with E-state index in [2.05, 4.69) is 23.1 Å². The fourth-order valence-corrected chi connectivity index (χ4v) is 1.18. The fraction of sp³-hybridized carbons (Fsp3) is 0.273. The Hall–Kier alpha value is -0.950. The van der Waals surface area contributed by atoms with Gasteiger partial charge in [0.2, 0.25) is 0 Å². The molecular formula is C11H14ClN. The van der Waals surface area contributed by atoms with Gasteiger partial charge in [-0.15, -0.1) is 11.6 Å². The minimum Gasteiger partial charge on any atom is -0.378 e. The summed E-state index contributed by atoms with van der Waals surface area (Å²) >= 11 is 5.56. The van der Waals surface area contributed by atoms with Crippen molar-refractivity contribution < 1.29 is 0 Å². The van der Waals surface area contributed by atoms with Crippen molar-refractivity contribution in [2.75, 3.05) is 24.9 Å². The third-order valence-electron chi connectivity index (χ3n) is 1.79. The highest BCUT2D eigenvalue weighted by Gasteiger charge is 1.93. The zero-order valence-corrected chi connectivity index (χ0v) is 8.75. The van der Waals surface area contributed by atoms with Crippen molar-refractivity contribution in [3.63, 3.8) is 0 Å². The number of nitrogens with zero attached hydrogens (tertiary/aromatic N) is 1. The maximum absolute atomic E-state index is 5.56.